The van der Waals surface area contributed by atoms with Crippen LogP contribution < -0.4 is 30.2 Å². The Hall–Kier alpha value is -3.51. The number of carbonyl (C=O) groups excluding carboxylic acids is 6. The number of esters is 3. The molecule has 450 valence electrons. The van der Waals surface area contributed by atoms with Crippen molar-refractivity contribution in [3.63, 3.8) is 0 Å². The van der Waals surface area contributed by atoms with Gasteiger partial charge >= 0.3 is 17.9 Å². The molecule has 0 aliphatic heterocycles. The largest absolute Gasteiger partial charge is 0.492 e. The summed E-state index contributed by atoms with van der Waals surface area (Å²) in [6.45, 7) is 11.7. The van der Waals surface area contributed by atoms with Crippen molar-refractivity contribution in [2.75, 3.05) is 56.9 Å². The molecule has 3 N–H and O–H groups in total. The molecule has 0 aromatic heterocycles. The van der Waals surface area contributed by atoms with E-state index in [0.717, 1.165) is 77.0 Å². The van der Waals surface area contributed by atoms with E-state index in [9.17, 15) is 14.4 Å². The number of carbonyl (C=O) groups is 6. The molecule has 78 heavy (non-hydrogen) atoms. The van der Waals surface area contributed by atoms with Gasteiger partial charge in [-0.3, -0.25) is 14.4 Å². The Morgan fingerprint density at radius 1 is 0.321 bits per heavy atom. The highest BCUT2D eigenvalue weighted by molar-refractivity contribution is 7.80. The quantitative estimate of drug-likeness (QED) is 0.0157. The maximum atomic E-state index is 15.2. The van der Waals surface area contributed by atoms with Gasteiger partial charge in [0.05, 0.1) is 39.6 Å². The fourth-order valence-corrected chi connectivity index (χ4v) is 9.71. The Bertz CT molecular complexity index is 1590. The third kappa shape index (κ3) is 30.3. The van der Waals surface area contributed by atoms with Crippen molar-refractivity contribution in [3.05, 3.63) is 16.7 Å². The molecule has 0 saturated heterocycles. The zero-order valence-electron chi connectivity index (χ0n) is 49.0. The summed E-state index contributed by atoms with van der Waals surface area (Å²) in [7, 11) is 0. The van der Waals surface area contributed by atoms with Crippen molar-refractivity contribution in [1.82, 2.24) is 16.0 Å². The molecule has 1 aromatic carbocycles. The zero-order chi connectivity index (χ0) is 57.6. The van der Waals surface area contributed by atoms with Gasteiger partial charge in [0.15, 0.2) is 17.2 Å². The van der Waals surface area contributed by atoms with Crippen LogP contribution in [0, 0.1) is 0 Å². The first-order valence-electron chi connectivity index (χ1n) is 30.3. The highest BCUT2D eigenvalue weighted by atomic mass is 32.1. The molecular weight excluding hydrogens is 1050 g/mol. The maximum absolute atomic E-state index is 15.2. The van der Waals surface area contributed by atoms with E-state index in [2.05, 4.69) is 74.6 Å². The third-order valence-corrected chi connectivity index (χ3v) is 14.5. The summed E-state index contributed by atoms with van der Waals surface area (Å²) in [5.41, 5.74) is -1.11. The summed E-state index contributed by atoms with van der Waals surface area (Å²) in [5, 5.41) is 8.17. The Balaban J connectivity index is 4.29. The average molecular weight is 1160 g/mol. The molecule has 0 fully saturated rings. The smallest absolute Gasteiger partial charge is 0.329 e. The van der Waals surface area contributed by atoms with Crippen molar-refractivity contribution in [3.8, 4) is 17.2 Å². The lowest BCUT2D eigenvalue weighted by Crippen LogP contribution is -2.45. The van der Waals surface area contributed by atoms with Crippen LogP contribution in [-0.4, -0.2) is 111 Å². The summed E-state index contributed by atoms with van der Waals surface area (Å²) in [6, 6.07) is -3.83. The fraction of sp³-hybridized carbons (Fsp3) is 0.800. The predicted molar refractivity (Wildman–Crippen MR) is 324 cm³/mol. The number of nitrogens with one attached hydrogen (secondary N) is 3. The fourth-order valence-electron chi connectivity index (χ4n) is 8.98. The van der Waals surface area contributed by atoms with E-state index in [4.69, 9.17) is 28.4 Å². The van der Waals surface area contributed by atoms with Crippen LogP contribution in [0.4, 0.5) is 0 Å². The number of hydrogen-bond donors (Lipinski definition) is 6. The summed E-state index contributed by atoms with van der Waals surface area (Å²) in [5.74, 6) is -6.43. The van der Waals surface area contributed by atoms with Gasteiger partial charge in [-0.2, -0.15) is 37.9 Å². The molecule has 15 nitrogen and oxygen atoms in total. The topological polar surface area (TPSA) is 194 Å². The minimum absolute atomic E-state index is 0.0265. The SMILES string of the molecule is CCCCCCCCCCCCOc1c(C(=O)N[C@@H](CS)C(=O)OCC)c(OCCCCCCCCCCCC)c(C(=O)N[C@@H](CS)C(=O)OCC)c(OCCCCCCCCCCCC)c1C(=O)N[C@@H](CS)C(=O)OCC. The molecule has 0 bridgehead atoms. The van der Waals surface area contributed by atoms with Crippen molar-refractivity contribution >= 4 is 73.5 Å². The van der Waals surface area contributed by atoms with Crippen LogP contribution in [0.3, 0.4) is 0 Å². The Kier molecular flexibility index (Phi) is 44.8. The first-order valence-corrected chi connectivity index (χ1v) is 32.2. The third-order valence-electron chi connectivity index (χ3n) is 13.5. The molecule has 18 heteroatoms. The second-order valence-corrected chi connectivity index (χ2v) is 21.2. The molecule has 3 atom stereocenters. The molecule has 0 aliphatic rings. The number of unbranched alkanes of at least 4 members (excludes halogenated alkanes) is 27. The molecule has 0 spiro atoms. The monoisotopic (exact) mass is 1160 g/mol. The van der Waals surface area contributed by atoms with Gasteiger partial charge in [0.1, 0.15) is 34.8 Å². The van der Waals surface area contributed by atoms with E-state index < -0.39 is 53.8 Å². The Morgan fingerprint density at radius 2 is 0.513 bits per heavy atom. The van der Waals surface area contributed by atoms with Gasteiger partial charge in [0.25, 0.3) is 17.7 Å². The summed E-state index contributed by atoms with van der Waals surface area (Å²) in [4.78, 5) is 85.7. The van der Waals surface area contributed by atoms with E-state index in [1.54, 1.807) is 20.8 Å². The normalized spacial score (nSPS) is 12.3. The number of thiol groups is 3. The van der Waals surface area contributed by atoms with Gasteiger partial charge in [-0.15, -0.1) is 0 Å². The molecule has 0 saturated carbocycles. The highest BCUT2D eigenvalue weighted by Gasteiger charge is 2.40. The van der Waals surface area contributed by atoms with Crippen molar-refractivity contribution in [2.45, 2.75) is 252 Å². The standard InChI is InChI=1S/C60H105N3O12S3/c1-7-13-16-19-22-25-28-31-34-37-40-73-52-49(55(64)61-46(43-76)58(67)70-10-4)53(74-41-38-35-32-29-26-23-20-17-14-8-2)51(57(66)63-48(45-78)60(69)72-12-6)54(50(52)56(65)62-47(44-77)59(68)71-11-5)75-42-39-36-33-30-27-24-21-18-15-9-3/h46-48,76-78H,7-45H2,1-6H3,(H,61,64)(H,62,65)(H,63,66)/t46-,47-,48-/m0/s1. The molecule has 3 amide bonds. The van der Waals surface area contributed by atoms with Crippen LogP contribution in [0.5, 0.6) is 17.2 Å². The number of hydrogen-bond acceptors (Lipinski definition) is 15. The van der Waals surface area contributed by atoms with Crippen LogP contribution in [0.25, 0.3) is 0 Å². The number of benzene rings is 1. The summed E-state index contributed by atoms with van der Waals surface area (Å²) in [6.07, 6.45) is 31.4. The second-order valence-electron chi connectivity index (χ2n) is 20.1. The van der Waals surface area contributed by atoms with Gasteiger partial charge in [0, 0.05) is 17.3 Å². The van der Waals surface area contributed by atoms with E-state index in [1.807, 2.05) is 0 Å². The van der Waals surface area contributed by atoms with E-state index in [-0.39, 0.29) is 90.8 Å². The predicted octanol–water partition coefficient (Wildman–Crippen LogP) is 13.4. The van der Waals surface area contributed by atoms with Crippen LogP contribution >= 0.6 is 37.9 Å². The van der Waals surface area contributed by atoms with Crippen LogP contribution in [-0.2, 0) is 28.6 Å². The molecule has 1 aromatic rings. The van der Waals surface area contributed by atoms with Crippen LogP contribution in [0.1, 0.15) is 265 Å². The molecule has 0 heterocycles. The number of amides is 3. The minimum Gasteiger partial charge on any atom is -0.492 e. The van der Waals surface area contributed by atoms with E-state index in [0.29, 0.717) is 19.3 Å². The first-order chi connectivity index (χ1) is 38.0. The maximum Gasteiger partial charge on any atom is 0.329 e. The minimum atomic E-state index is -1.28. The first kappa shape index (κ1) is 72.5. The Labute approximate surface area is 487 Å². The molecular formula is C60H105N3O12S3. The molecule has 0 radical (unpaired) electrons. The lowest BCUT2D eigenvalue weighted by atomic mass is 9.96. The van der Waals surface area contributed by atoms with Crippen LogP contribution in [0.15, 0.2) is 0 Å². The molecule has 0 aliphatic carbocycles. The summed E-state index contributed by atoms with van der Waals surface area (Å²) < 4.78 is 35.9. The molecule has 0 unspecified atom stereocenters. The van der Waals surface area contributed by atoms with Gasteiger partial charge < -0.3 is 44.4 Å². The lowest BCUT2D eigenvalue weighted by Gasteiger charge is -2.27. The van der Waals surface area contributed by atoms with E-state index in [1.165, 1.54) is 96.3 Å². The van der Waals surface area contributed by atoms with Crippen LogP contribution in [0.2, 0.25) is 0 Å². The van der Waals surface area contributed by atoms with E-state index >= 15 is 14.4 Å². The van der Waals surface area contributed by atoms with Gasteiger partial charge in [-0.1, -0.05) is 194 Å². The highest BCUT2D eigenvalue weighted by Crippen LogP contribution is 2.45. The zero-order valence-corrected chi connectivity index (χ0v) is 51.7. The Morgan fingerprint density at radius 3 is 0.692 bits per heavy atom. The lowest BCUT2D eigenvalue weighted by molar-refractivity contribution is -0.145. The molecule has 1 rings (SSSR count). The summed E-state index contributed by atoms with van der Waals surface area (Å²) >= 11 is 13.2. The number of ether oxygens (including phenoxy) is 6. The van der Waals surface area contributed by atoms with Gasteiger partial charge in [0.2, 0.25) is 0 Å². The van der Waals surface area contributed by atoms with Gasteiger partial charge in [-0.05, 0) is 40.0 Å². The van der Waals surface area contributed by atoms with Crippen molar-refractivity contribution in [1.29, 1.82) is 0 Å². The van der Waals surface area contributed by atoms with Gasteiger partial charge in [-0.25, -0.2) is 14.4 Å². The second kappa shape index (κ2) is 48.2. The van der Waals surface area contributed by atoms with Crippen molar-refractivity contribution in [2.24, 2.45) is 0 Å². The number of rotatable bonds is 51. The van der Waals surface area contributed by atoms with Crippen molar-refractivity contribution < 1.29 is 57.2 Å². The average Bonchev–Trinajstić information content (AvgIpc) is 3.56.